The van der Waals surface area contributed by atoms with Gasteiger partial charge in [-0.05, 0) is 25.5 Å². The summed E-state index contributed by atoms with van der Waals surface area (Å²) in [4.78, 5) is 10.8. The van der Waals surface area contributed by atoms with Gasteiger partial charge < -0.3 is 9.87 Å². The molecule has 86 valence electrons. The van der Waals surface area contributed by atoms with Crippen molar-refractivity contribution in [3.8, 4) is 0 Å². The van der Waals surface area contributed by atoms with Crippen molar-refractivity contribution in [3.05, 3.63) is 29.8 Å². The van der Waals surface area contributed by atoms with Gasteiger partial charge in [0, 0.05) is 24.0 Å². The highest BCUT2D eigenvalue weighted by Crippen LogP contribution is 2.40. The van der Waals surface area contributed by atoms with Crippen LogP contribution >= 0.6 is 0 Å². The quantitative estimate of drug-likeness (QED) is 0.640. The molecule has 1 amide bonds. The zero-order chi connectivity index (χ0) is 11.6. The van der Waals surface area contributed by atoms with Crippen LogP contribution in [0, 0.1) is 6.92 Å². The van der Waals surface area contributed by atoms with Crippen LogP contribution in [0.4, 0.5) is 0 Å². The van der Waals surface area contributed by atoms with Crippen molar-refractivity contribution in [2.45, 2.75) is 36.0 Å². The SMILES string of the molecule is Cc1ccc([S+]([O-])C2(NC=O)CCC2)cc1. The summed E-state index contributed by atoms with van der Waals surface area (Å²) in [5.74, 6) is 0. The first-order valence-electron chi connectivity index (χ1n) is 5.38. The molecule has 1 aromatic rings. The van der Waals surface area contributed by atoms with E-state index in [1.54, 1.807) is 0 Å². The van der Waals surface area contributed by atoms with Crippen LogP contribution < -0.4 is 5.32 Å². The Morgan fingerprint density at radius 1 is 1.38 bits per heavy atom. The summed E-state index contributed by atoms with van der Waals surface area (Å²) >= 11 is -1.15. The van der Waals surface area contributed by atoms with Gasteiger partial charge in [0.1, 0.15) is 0 Å². The Hall–Kier alpha value is -1.00. The average Bonchev–Trinajstić information content (AvgIpc) is 2.23. The van der Waals surface area contributed by atoms with Gasteiger partial charge in [0.25, 0.3) is 0 Å². The van der Waals surface area contributed by atoms with Crippen molar-refractivity contribution >= 4 is 17.6 Å². The lowest BCUT2D eigenvalue weighted by molar-refractivity contribution is -0.111. The Morgan fingerprint density at radius 3 is 2.44 bits per heavy atom. The van der Waals surface area contributed by atoms with Crippen LogP contribution in [-0.2, 0) is 16.0 Å². The molecule has 0 saturated heterocycles. The molecule has 1 aromatic carbocycles. The molecule has 1 fully saturated rings. The Balaban J connectivity index is 2.19. The predicted octanol–water partition coefficient (Wildman–Crippen LogP) is 1.73. The summed E-state index contributed by atoms with van der Waals surface area (Å²) in [7, 11) is 0. The molecule has 0 aromatic heterocycles. The van der Waals surface area contributed by atoms with Gasteiger partial charge in [-0.2, -0.15) is 0 Å². The third-order valence-corrected chi connectivity index (χ3v) is 5.01. The van der Waals surface area contributed by atoms with E-state index in [1.807, 2.05) is 31.2 Å². The van der Waals surface area contributed by atoms with E-state index in [0.717, 1.165) is 29.7 Å². The summed E-state index contributed by atoms with van der Waals surface area (Å²) in [6.45, 7) is 2.00. The van der Waals surface area contributed by atoms with Gasteiger partial charge in [-0.3, -0.25) is 4.79 Å². The number of aryl methyl sites for hydroxylation is 1. The maximum atomic E-state index is 12.3. The van der Waals surface area contributed by atoms with Crippen LogP contribution in [0.1, 0.15) is 24.8 Å². The second kappa shape index (κ2) is 4.47. The molecule has 3 nitrogen and oxygen atoms in total. The smallest absolute Gasteiger partial charge is 0.211 e. The van der Waals surface area contributed by atoms with Gasteiger partial charge in [-0.15, -0.1) is 0 Å². The normalized spacial score (nSPS) is 19.6. The van der Waals surface area contributed by atoms with E-state index in [-0.39, 0.29) is 0 Å². The van der Waals surface area contributed by atoms with Crippen LogP contribution in [0.3, 0.4) is 0 Å². The summed E-state index contributed by atoms with van der Waals surface area (Å²) in [6.07, 6.45) is 3.28. The number of rotatable bonds is 4. The number of hydrogen-bond acceptors (Lipinski definition) is 2. The van der Waals surface area contributed by atoms with Crippen LogP contribution in [0.2, 0.25) is 0 Å². The van der Waals surface area contributed by atoms with Crippen molar-refractivity contribution in [1.82, 2.24) is 5.32 Å². The number of amides is 1. The third-order valence-electron chi connectivity index (χ3n) is 3.07. The largest absolute Gasteiger partial charge is 0.610 e. The van der Waals surface area contributed by atoms with E-state index in [0.29, 0.717) is 6.41 Å². The Morgan fingerprint density at radius 2 is 2.00 bits per heavy atom. The van der Waals surface area contributed by atoms with Crippen LogP contribution in [0.5, 0.6) is 0 Å². The molecule has 1 N–H and O–H groups in total. The number of carbonyl (C=O) groups excluding carboxylic acids is 1. The number of carbonyl (C=O) groups is 1. The van der Waals surface area contributed by atoms with E-state index in [2.05, 4.69) is 5.32 Å². The van der Waals surface area contributed by atoms with E-state index < -0.39 is 16.0 Å². The maximum absolute atomic E-state index is 12.3. The monoisotopic (exact) mass is 237 g/mol. The van der Waals surface area contributed by atoms with E-state index >= 15 is 0 Å². The van der Waals surface area contributed by atoms with Gasteiger partial charge in [-0.25, -0.2) is 0 Å². The van der Waals surface area contributed by atoms with Crippen molar-refractivity contribution in [3.63, 3.8) is 0 Å². The summed E-state index contributed by atoms with van der Waals surface area (Å²) in [5.41, 5.74) is 1.15. The molecule has 1 unspecified atom stereocenters. The summed E-state index contributed by atoms with van der Waals surface area (Å²) in [5, 5.41) is 2.73. The van der Waals surface area contributed by atoms with Crippen LogP contribution in [0.15, 0.2) is 29.2 Å². The Kier molecular flexibility index (Phi) is 3.21. The highest BCUT2D eigenvalue weighted by molar-refractivity contribution is 7.92. The molecule has 0 heterocycles. The fourth-order valence-electron chi connectivity index (χ4n) is 1.88. The molecule has 0 bridgehead atoms. The number of benzene rings is 1. The van der Waals surface area contributed by atoms with Crippen LogP contribution in [-0.4, -0.2) is 15.8 Å². The van der Waals surface area contributed by atoms with Gasteiger partial charge in [0.05, 0.1) is 0 Å². The van der Waals surface area contributed by atoms with E-state index in [9.17, 15) is 9.35 Å². The van der Waals surface area contributed by atoms with Crippen molar-refractivity contribution in [2.24, 2.45) is 0 Å². The highest BCUT2D eigenvalue weighted by Gasteiger charge is 2.48. The fraction of sp³-hybridized carbons (Fsp3) is 0.417. The second-order valence-electron chi connectivity index (χ2n) is 4.19. The van der Waals surface area contributed by atoms with Crippen LogP contribution in [0.25, 0.3) is 0 Å². The Labute approximate surface area is 98.4 Å². The first-order chi connectivity index (χ1) is 7.68. The first kappa shape index (κ1) is 11.5. The van der Waals surface area contributed by atoms with Crippen molar-refractivity contribution in [2.75, 3.05) is 0 Å². The van der Waals surface area contributed by atoms with Crippen molar-refractivity contribution in [1.29, 1.82) is 0 Å². The molecular formula is C12H15NO2S. The molecule has 0 aliphatic heterocycles. The highest BCUT2D eigenvalue weighted by atomic mass is 32.2. The van der Waals surface area contributed by atoms with Gasteiger partial charge in [0.2, 0.25) is 11.3 Å². The topological polar surface area (TPSA) is 52.2 Å². The van der Waals surface area contributed by atoms with Gasteiger partial charge in [-0.1, -0.05) is 17.7 Å². The molecule has 0 spiro atoms. The molecule has 1 aliphatic carbocycles. The molecule has 4 heteroatoms. The van der Waals surface area contributed by atoms with Gasteiger partial charge >= 0.3 is 0 Å². The first-order valence-corrected chi connectivity index (χ1v) is 6.53. The fourth-order valence-corrected chi connectivity index (χ4v) is 3.53. The maximum Gasteiger partial charge on any atom is 0.211 e. The molecule has 16 heavy (non-hydrogen) atoms. The summed E-state index contributed by atoms with van der Waals surface area (Å²) < 4.78 is 12.3. The minimum atomic E-state index is -1.15. The second-order valence-corrected chi connectivity index (χ2v) is 5.98. The lowest BCUT2D eigenvalue weighted by atomic mass is 9.92. The number of hydrogen-bond donors (Lipinski definition) is 1. The average molecular weight is 237 g/mol. The molecular weight excluding hydrogens is 222 g/mol. The lowest BCUT2D eigenvalue weighted by Gasteiger charge is -2.41. The van der Waals surface area contributed by atoms with Crippen molar-refractivity contribution < 1.29 is 9.35 Å². The molecule has 0 radical (unpaired) electrons. The Bertz CT molecular complexity index is 373. The lowest BCUT2D eigenvalue weighted by Crippen LogP contribution is -2.56. The zero-order valence-corrected chi connectivity index (χ0v) is 10.0. The molecule has 1 atom stereocenters. The van der Waals surface area contributed by atoms with E-state index in [4.69, 9.17) is 0 Å². The minimum Gasteiger partial charge on any atom is -0.610 e. The zero-order valence-electron chi connectivity index (χ0n) is 9.23. The predicted molar refractivity (Wildman–Crippen MR) is 63.4 cm³/mol. The standard InChI is InChI=1S/C12H15NO2S/c1-10-3-5-11(6-4-10)16(15)12(13-9-14)7-2-8-12/h3-6,9H,2,7-8H2,1H3,(H,13,14). The number of nitrogens with one attached hydrogen (secondary N) is 1. The molecule has 2 rings (SSSR count). The third kappa shape index (κ3) is 1.95. The molecule has 1 saturated carbocycles. The summed E-state index contributed by atoms with van der Waals surface area (Å²) in [6, 6.07) is 7.64. The minimum absolute atomic E-state index is 0.517. The van der Waals surface area contributed by atoms with Gasteiger partial charge in [0.15, 0.2) is 4.90 Å². The van der Waals surface area contributed by atoms with E-state index in [1.165, 1.54) is 0 Å². The molecule has 1 aliphatic rings.